The summed E-state index contributed by atoms with van der Waals surface area (Å²) in [6.07, 6.45) is 0.286. The van der Waals surface area contributed by atoms with Crippen LogP contribution in [0.3, 0.4) is 0 Å². The molecule has 0 radical (unpaired) electrons. The quantitative estimate of drug-likeness (QED) is 0.497. The number of benzene rings is 2. The number of piperidine rings is 1. The molecule has 6 aliphatic rings. The second-order valence-corrected chi connectivity index (χ2v) is 12.6. The smallest absolute Gasteiger partial charge is 0.504 e. The highest BCUT2D eigenvalue weighted by atomic mass is 19.4. The van der Waals surface area contributed by atoms with Gasteiger partial charge in [-0.2, -0.15) is 0 Å². The number of phenols is 1. The van der Waals surface area contributed by atoms with Crippen molar-refractivity contribution in [2.75, 3.05) is 13.1 Å². The molecule has 4 heterocycles. The van der Waals surface area contributed by atoms with Gasteiger partial charge in [-0.15, -0.1) is 13.2 Å². The summed E-state index contributed by atoms with van der Waals surface area (Å²) in [5, 5.41) is 24.7. The molecule has 1 saturated heterocycles. The van der Waals surface area contributed by atoms with Crippen molar-refractivity contribution in [2.45, 2.75) is 81.0 Å². The number of hydrogen-bond donors (Lipinski definition) is 2. The number of hydrogen-bond acceptors (Lipinski definition) is 5. The first-order chi connectivity index (χ1) is 18.7. The van der Waals surface area contributed by atoms with Crippen molar-refractivity contribution in [2.24, 2.45) is 5.92 Å². The molecule has 3 aromatic rings. The lowest BCUT2D eigenvalue weighted by Gasteiger charge is -2.63. The highest BCUT2D eigenvalue weighted by Gasteiger charge is 2.73. The van der Waals surface area contributed by atoms with Crippen LogP contribution in [0.4, 0.5) is 13.2 Å². The second-order valence-electron chi connectivity index (χ2n) is 12.6. The van der Waals surface area contributed by atoms with E-state index in [-0.39, 0.29) is 17.5 Å². The second kappa shape index (κ2) is 7.04. The fraction of sp³-hybridized carbons (Fsp3) is 0.533. The number of halogens is 3. The number of ether oxygens (including phenoxy) is 2. The van der Waals surface area contributed by atoms with Gasteiger partial charge in [0.2, 0.25) is 0 Å². The predicted molar refractivity (Wildman–Crippen MR) is 135 cm³/mol. The van der Waals surface area contributed by atoms with Gasteiger partial charge in [0.15, 0.2) is 17.6 Å². The van der Waals surface area contributed by atoms with Crippen molar-refractivity contribution in [1.82, 2.24) is 9.47 Å². The molecule has 4 atom stereocenters. The van der Waals surface area contributed by atoms with Gasteiger partial charge in [-0.05, 0) is 85.9 Å². The third-order valence-electron chi connectivity index (χ3n) is 10.6. The maximum absolute atomic E-state index is 13.3. The molecule has 9 heteroatoms. The number of phenolic OH excluding ortho intramolecular Hbond substituents is 1. The number of aryl methyl sites for hydroxylation is 2. The van der Waals surface area contributed by atoms with Gasteiger partial charge in [0.05, 0.1) is 22.2 Å². The molecule has 0 amide bonds. The standard InChI is InChI=1S/C30H29F3N2O4/c31-30(32,33)39-18-10-17-2-1-8-35-24(17)19(12-18)20-13-29(37)22-11-16-5-6-21(36)26-23(16)28(29,27(38-26)25(20)35)7-9-34(22)14-15-3-4-15/h5-6,10,12,15,22,27,36-37H,1-4,7-9,11,13-14H2/t22-,27+,28+,29-/m1/s1. The van der Waals surface area contributed by atoms with Crippen LogP contribution in [0.2, 0.25) is 0 Å². The zero-order valence-electron chi connectivity index (χ0n) is 21.4. The van der Waals surface area contributed by atoms with Crippen LogP contribution in [0.25, 0.3) is 10.9 Å². The Morgan fingerprint density at radius 1 is 1.13 bits per heavy atom. The van der Waals surface area contributed by atoms with Crippen LogP contribution >= 0.6 is 0 Å². The molecule has 0 unspecified atom stereocenters. The first-order valence-electron chi connectivity index (χ1n) is 14.1. The minimum atomic E-state index is -4.78. The molecule has 3 aliphatic heterocycles. The van der Waals surface area contributed by atoms with Crippen LogP contribution in [0.15, 0.2) is 24.3 Å². The van der Waals surface area contributed by atoms with Gasteiger partial charge in [-0.3, -0.25) is 4.90 Å². The molecule has 6 nitrogen and oxygen atoms in total. The fourth-order valence-corrected chi connectivity index (χ4v) is 9.09. The highest BCUT2D eigenvalue weighted by molar-refractivity contribution is 5.91. The van der Waals surface area contributed by atoms with E-state index in [1.165, 1.54) is 25.0 Å². The van der Waals surface area contributed by atoms with Gasteiger partial charge >= 0.3 is 6.36 Å². The maximum Gasteiger partial charge on any atom is 0.573 e. The number of fused-ring (bicyclic) bond motifs is 4. The van der Waals surface area contributed by atoms with Crippen LogP contribution < -0.4 is 9.47 Å². The lowest BCUT2D eigenvalue weighted by molar-refractivity contribution is -0.274. The number of aromatic nitrogens is 1. The zero-order chi connectivity index (χ0) is 26.5. The Morgan fingerprint density at radius 3 is 2.77 bits per heavy atom. The van der Waals surface area contributed by atoms with Crippen molar-refractivity contribution >= 4 is 10.9 Å². The average molecular weight is 539 g/mol. The van der Waals surface area contributed by atoms with E-state index in [0.717, 1.165) is 59.5 Å². The SMILES string of the molecule is Oc1ccc2c3c1O[C@H]1c4c(c5cc(OC(F)(F)F)cc6c5n4CCC6)C[C@@]4(O)[C@@H](C2)N(CC2CC2)CC[C@]314. The highest BCUT2D eigenvalue weighted by Crippen LogP contribution is 2.69. The summed E-state index contributed by atoms with van der Waals surface area (Å²) in [4.78, 5) is 2.46. The first-order valence-corrected chi connectivity index (χ1v) is 14.1. The Bertz CT molecular complexity index is 1590. The summed E-state index contributed by atoms with van der Waals surface area (Å²) >= 11 is 0. The third kappa shape index (κ3) is 2.76. The van der Waals surface area contributed by atoms with E-state index in [0.29, 0.717) is 42.7 Å². The van der Waals surface area contributed by atoms with E-state index >= 15 is 0 Å². The normalized spacial score (nSPS) is 32.1. The van der Waals surface area contributed by atoms with Crippen molar-refractivity contribution in [3.05, 3.63) is 52.2 Å². The number of rotatable bonds is 3. The summed E-state index contributed by atoms with van der Waals surface area (Å²) in [6, 6.07) is 6.57. The van der Waals surface area contributed by atoms with Crippen LogP contribution in [0, 0.1) is 5.92 Å². The third-order valence-corrected chi connectivity index (χ3v) is 10.6. The summed E-state index contributed by atoms with van der Waals surface area (Å²) in [7, 11) is 0. The minimum absolute atomic E-state index is 0.0802. The van der Waals surface area contributed by atoms with E-state index in [9.17, 15) is 23.4 Å². The van der Waals surface area contributed by atoms with Gasteiger partial charge in [-0.1, -0.05) is 6.07 Å². The number of likely N-dealkylation sites (tertiary alicyclic amines) is 1. The Hall–Kier alpha value is -2.91. The van der Waals surface area contributed by atoms with Gasteiger partial charge in [0, 0.05) is 36.5 Å². The molecule has 204 valence electrons. The van der Waals surface area contributed by atoms with E-state index in [4.69, 9.17) is 4.74 Å². The molecular weight excluding hydrogens is 509 g/mol. The Kier molecular flexibility index (Phi) is 4.13. The largest absolute Gasteiger partial charge is 0.573 e. The van der Waals surface area contributed by atoms with Gasteiger partial charge in [-0.25, -0.2) is 0 Å². The van der Waals surface area contributed by atoms with Crippen LogP contribution in [-0.4, -0.2) is 50.8 Å². The Morgan fingerprint density at radius 2 is 1.97 bits per heavy atom. The van der Waals surface area contributed by atoms with Crippen LogP contribution in [0.5, 0.6) is 17.2 Å². The number of aliphatic hydroxyl groups is 1. The van der Waals surface area contributed by atoms with Crippen molar-refractivity contribution < 1.29 is 32.9 Å². The Balaban J connectivity index is 1.32. The molecule has 1 spiro atoms. The monoisotopic (exact) mass is 538 g/mol. The minimum Gasteiger partial charge on any atom is -0.504 e. The van der Waals surface area contributed by atoms with E-state index in [1.54, 1.807) is 6.07 Å². The molecule has 3 aliphatic carbocycles. The maximum atomic E-state index is 13.3. The number of aromatic hydroxyl groups is 1. The number of nitrogens with zero attached hydrogens (tertiary/aromatic N) is 2. The van der Waals surface area contributed by atoms with Gasteiger partial charge in [0.25, 0.3) is 0 Å². The fourth-order valence-electron chi connectivity index (χ4n) is 9.09. The van der Waals surface area contributed by atoms with Crippen LogP contribution in [0.1, 0.15) is 59.7 Å². The van der Waals surface area contributed by atoms with Crippen molar-refractivity contribution in [3.8, 4) is 17.2 Å². The predicted octanol–water partition coefficient (Wildman–Crippen LogP) is 4.89. The zero-order valence-corrected chi connectivity index (χ0v) is 21.4. The summed E-state index contributed by atoms with van der Waals surface area (Å²) in [5.41, 5.74) is 3.72. The molecule has 1 aromatic heterocycles. The first kappa shape index (κ1) is 22.9. The van der Waals surface area contributed by atoms with E-state index < -0.39 is 23.5 Å². The average Bonchev–Trinajstić information content (AvgIpc) is 3.54. The molecule has 2 bridgehead atoms. The summed E-state index contributed by atoms with van der Waals surface area (Å²) in [6.45, 7) is 2.54. The molecular formula is C30H29F3N2O4. The number of alkyl halides is 3. The molecule has 2 aromatic carbocycles. The van der Waals surface area contributed by atoms with Gasteiger partial charge < -0.3 is 24.3 Å². The molecule has 2 N–H and O–H groups in total. The van der Waals surface area contributed by atoms with Gasteiger partial charge in [0.1, 0.15) is 5.75 Å². The lowest BCUT2D eigenvalue weighted by Crippen LogP contribution is -2.74. The molecule has 39 heavy (non-hydrogen) atoms. The lowest BCUT2D eigenvalue weighted by atomic mass is 9.49. The van der Waals surface area contributed by atoms with E-state index in [1.807, 2.05) is 6.07 Å². The molecule has 9 rings (SSSR count). The van der Waals surface area contributed by atoms with Crippen molar-refractivity contribution in [1.29, 1.82) is 0 Å². The molecule has 2 fully saturated rings. The summed E-state index contributed by atoms with van der Waals surface area (Å²) < 4.78 is 53.2. The Labute approximate surface area is 222 Å². The van der Waals surface area contributed by atoms with E-state index in [2.05, 4.69) is 14.2 Å². The van der Waals surface area contributed by atoms with Crippen molar-refractivity contribution in [3.63, 3.8) is 0 Å². The van der Waals surface area contributed by atoms with Crippen LogP contribution in [-0.2, 0) is 31.2 Å². The topological polar surface area (TPSA) is 67.1 Å². The summed E-state index contributed by atoms with van der Waals surface area (Å²) in [5.74, 6) is 0.994. The molecule has 1 saturated carbocycles.